The monoisotopic (exact) mass is 1080 g/mol. The molecule has 414 valence electrons. The number of esters is 1. The number of nitrogens with two attached hydrogens (primary N) is 1. The molecule has 0 spiro atoms. The van der Waals surface area contributed by atoms with E-state index in [4.69, 9.17) is 10.5 Å². The summed E-state index contributed by atoms with van der Waals surface area (Å²) in [6.07, 6.45) is -5.30. The molecular weight excluding hydrogens is 1010 g/mol. The van der Waals surface area contributed by atoms with Gasteiger partial charge in [-0.15, -0.1) is 0 Å². The van der Waals surface area contributed by atoms with Crippen LogP contribution in [0, 0.1) is 40.2 Å². The summed E-state index contributed by atoms with van der Waals surface area (Å²) in [4.78, 5) is 57.0. The van der Waals surface area contributed by atoms with Crippen LogP contribution in [0.1, 0.15) is 69.8 Å². The molecule has 5 atom stereocenters. The Morgan fingerprint density at radius 1 is 0.908 bits per heavy atom. The van der Waals surface area contributed by atoms with Crippen LogP contribution < -0.4 is 26.6 Å². The van der Waals surface area contributed by atoms with E-state index in [9.17, 15) is 46.2 Å². The smallest absolute Gasteiger partial charge is 0.407 e. The fourth-order valence-corrected chi connectivity index (χ4v) is 8.28. The number of alkyl halides is 5. The molecule has 4 heterocycles. The van der Waals surface area contributed by atoms with Gasteiger partial charge in [-0.1, -0.05) is 44.7 Å². The van der Waals surface area contributed by atoms with Gasteiger partial charge in [-0.05, 0) is 73.7 Å². The molecule has 0 unspecified atom stereocenters. The minimum Gasteiger partial charge on any atom is -0.469 e. The number of nitrogens with one attached hydrogen (secondary N) is 3. The quantitative estimate of drug-likeness (QED) is 0.0486. The van der Waals surface area contributed by atoms with Gasteiger partial charge in [0.25, 0.3) is 0 Å². The fourth-order valence-electron chi connectivity index (χ4n) is 8.28. The van der Waals surface area contributed by atoms with Crippen LogP contribution >= 0.6 is 0 Å². The minimum absolute atomic E-state index is 0.0509. The van der Waals surface area contributed by atoms with Crippen LogP contribution in [0.3, 0.4) is 0 Å². The van der Waals surface area contributed by atoms with E-state index in [1.54, 1.807) is 30.5 Å². The first-order valence-electron chi connectivity index (χ1n) is 24.1. The van der Waals surface area contributed by atoms with Gasteiger partial charge in [-0.25, -0.2) is 23.2 Å². The number of rotatable bonds is 17. The van der Waals surface area contributed by atoms with Gasteiger partial charge in [0, 0.05) is 73.9 Å². The number of carbonyl (C=O) groups excluding carboxylic acids is 4. The predicted octanol–water partition coefficient (Wildman–Crippen LogP) is 5.73. The lowest BCUT2D eigenvalue weighted by molar-refractivity contribution is -0.220. The molecule has 6 N–H and O–H groups in total. The second kappa shape index (κ2) is 26.3. The second-order valence-electron chi connectivity index (χ2n) is 19.8. The van der Waals surface area contributed by atoms with Gasteiger partial charge >= 0.3 is 24.8 Å². The first-order valence-corrected chi connectivity index (χ1v) is 24.1. The van der Waals surface area contributed by atoms with Gasteiger partial charge < -0.3 is 45.9 Å². The van der Waals surface area contributed by atoms with Crippen molar-refractivity contribution in [3.8, 4) is 23.1 Å². The second-order valence-corrected chi connectivity index (χ2v) is 19.8. The molecule has 3 amide bonds. The molecule has 2 aromatic heterocycles. The molecule has 17 nitrogen and oxygen atoms in total. The lowest BCUT2D eigenvalue weighted by Crippen LogP contribution is -2.62. The number of piperazine rings is 1. The average Bonchev–Trinajstić information content (AvgIpc) is 3.88. The van der Waals surface area contributed by atoms with Crippen molar-refractivity contribution in [2.24, 2.45) is 22.5 Å². The molecule has 2 aliphatic heterocycles. The van der Waals surface area contributed by atoms with Gasteiger partial charge in [-0.2, -0.15) is 27.1 Å². The van der Waals surface area contributed by atoms with E-state index in [1.807, 2.05) is 38.2 Å². The standard InChI is InChI=1S/C43H47F7N8O5.C9H17NO3/c1-42(2,43(48,49)50)38(54-41(61)62-3)39(60)53-35(36(59)23-51-22-31-32(44)19-29(20-33(31)45)34-12-13-58(55-34)40(46)47)18-27-7-4-26(5-8-27)6-9-28-10-11-37(52-21-28)57-15-14-56-16-17-63-25-30(56)24-57;1-9(2,3)6(8(10)12)5-7(11)13-4/h4-5,7-8,10-13,19-21,30,35-36,38,40,51,59H,14-18,22-25H2,1-3H3,(H,53,60)(H,54,61);6H,5H2,1-4H3,(H2,10,12)/t30-,35+,36+,38-;6-/m11/s1. The number of carbonyl (C=O) groups is 4. The van der Waals surface area contributed by atoms with Crippen LogP contribution in [0.4, 0.5) is 41.3 Å². The Bertz CT molecular complexity index is 2650. The first-order chi connectivity index (χ1) is 35.7. The zero-order chi connectivity index (χ0) is 56.1. The van der Waals surface area contributed by atoms with Crippen LogP contribution in [0.25, 0.3) is 11.3 Å². The number of aromatic nitrogens is 3. The maximum atomic E-state index is 15.1. The predicted molar refractivity (Wildman–Crippen MR) is 265 cm³/mol. The third kappa shape index (κ3) is 16.3. The molecule has 2 aliphatic rings. The van der Waals surface area contributed by atoms with Crippen LogP contribution in [0.2, 0.25) is 0 Å². The van der Waals surface area contributed by atoms with Gasteiger partial charge in [0.2, 0.25) is 11.8 Å². The molecule has 6 rings (SSSR count). The Kier molecular flexibility index (Phi) is 20.8. The summed E-state index contributed by atoms with van der Waals surface area (Å²) in [6.45, 7) is 8.13. The van der Waals surface area contributed by atoms with Crippen molar-refractivity contribution in [2.45, 2.75) is 91.0 Å². The number of alkyl carbamates (subject to hydrolysis) is 1. The molecule has 0 saturated carbocycles. The van der Waals surface area contributed by atoms with Crippen LogP contribution in [0.5, 0.6) is 0 Å². The highest BCUT2D eigenvalue weighted by molar-refractivity contribution is 5.87. The van der Waals surface area contributed by atoms with Crippen molar-refractivity contribution >= 4 is 29.7 Å². The number of hydrogen-bond donors (Lipinski definition) is 5. The number of fused-ring (bicyclic) bond motifs is 1. The first kappa shape index (κ1) is 60.1. The lowest BCUT2D eigenvalue weighted by atomic mass is 9.78. The van der Waals surface area contributed by atoms with Crippen molar-refractivity contribution < 1.29 is 69.2 Å². The Morgan fingerprint density at radius 2 is 1.57 bits per heavy atom. The van der Waals surface area contributed by atoms with E-state index in [-0.39, 0.29) is 29.5 Å². The number of methoxy groups -OCH3 is 2. The van der Waals surface area contributed by atoms with Crippen molar-refractivity contribution in [3.63, 3.8) is 0 Å². The number of morpholine rings is 1. The summed E-state index contributed by atoms with van der Waals surface area (Å²) in [5.41, 5.74) is 3.20. The number of ether oxygens (including phenoxy) is 3. The molecule has 2 saturated heterocycles. The maximum absolute atomic E-state index is 15.1. The van der Waals surface area contributed by atoms with E-state index in [0.717, 1.165) is 84.0 Å². The number of halogens is 7. The Morgan fingerprint density at radius 3 is 2.13 bits per heavy atom. The van der Waals surface area contributed by atoms with Crippen LogP contribution in [-0.4, -0.2) is 139 Å². The number of pyridine rings is 1. The van der Waals surface area contributed by atoms with Crippen LogP contribution in [-0.2, 0) is 41.6 Å². The highest BCUT2D eigenvalue weighted by Gasteiger charge is 2.56. The molecule has 4 aromatic rings. The summed E-state index contributed by atoms with van der Waals surface area (Å²) >= 11 is 0. The molecule has 0 bridgehead atoms. The van der Waals surface area contributed by atoms with Gasteiger partial charge in [0.1, 0.15) is 23.5 Å². The third-order valence-electron chi connectivity index (χ3n) is 13.1. The molecule has 24 heteroatoms. The Hall–Kier alpha value is -6.81. The topological polar surface area (TPSA) is 216 Å². The molecule has 2 aromatic carbocycles. The number of hydrogen-bond acceptors (Lipinski definition) is 13. The number of primary amides is 1. The van der Waals surface area contributed by atoms with Crippen molar-refractivity contribution in [3.05, 3.63) is 101 Å². The minimum atomic E-state index is -4.98. The fraction of sp³-hybridized carbons (Fsp3) is 0.500. The summed E-state index contributed by atoms with van der Waals surface area (Å²) in [7, 11) is 2.21. The zero-order valence-corrected chi connectivity index (χ0v) is 43.2. The summed E-state index contributed by atoms with van der Waals surface area (Å²) < 4.78 is 114. The maximum Gasteiger partial charge on any atom is 0.407 e. The van der Waals surface area contributed by atoms with E-state index in [2.05, 4.69) is 51.8 Å². The van der Waals surface area contributed by atoms with E-state index < -0.39 is 96.4 Å². The number of amides is 3. The number of aliphatic hydroxyl groups is 1. The normalized spacial score (nSPS) is 16.6. The lowest BCUT2D eigenvalue weighted by Gasteiger charge is -2.44. The molecule has 0 aliphatic carbocycles. The number of nitrogens with zero attached hydrogens (tertiary/aromatic N) is 5. The Labute approximate surface area is 436 Å². The molecule has 2 fully saturated rings. The molecule has 76 heavy (non-hydrogen) atoms. The number of anilines is 1. The highest BCUT2D eigenvalue weighted by atomic mass is 19.4. The summed E-state index contributed by atoms with van der Waals surface area (Å²) in [6, 6.07) is 10.2. The zero-order valence-electron chi connectivity index (χ0n) is 43.2. The van der Waals surface area contributed by atoms with Crippen molar-refractivity contribution in [1.29, 1.82) is 0 Å². The van der Waals surface area contributed by atoms with Gasteiger partial charge in [0.05, 0.1) is 69.1 Å². The molecule has 0 radical (unpaired) electrons. The Balaban J connectivity index is 0.000000723. The number of aliphatic hydroxyl groups excluding tert-OH is 1. The van der Waals surface area contributed by atoms with E-state index >= 15 is 8.78 Å². The van der Waals surface area contributed by atoms with E-state index in [0.29, 0.717) is 34.0 Å². The summed E-state index contributed by atoms with van der Waals surface area (Å²) in [5, 5.41) is 22.0. The largest absolute Gasteiger partial charge is 0.469 e. The van der Waals surface area contributed by atoms with Gasteiger partial charge in [-0.3, -0.25) is 19.3 Å². The van der Waals surface area contributed by atoms with Crippen LogP contribution in [0.15, 0.2) is 67.0 Å². The third-order valence-corrected chi connectivity index (χ3v) is 13.1. The SMILES string of the molecule is COC(=O)C[C@H](C(N)=O)C(C)(C)C.COC(=O)N[C@H](C(=O)N[C@@H](Cc1ccc(C#Cc2ccc(N3CCN4CCOC[C@H]4C3)nc2)cc1)[C@@H](O)CNCc1c(F)cc(-c2ccn(C(F)F)n2)cc1F)C(C)(C)C(F)(F)F. The number of benzene rings is 2. The highest BCUT2D eigenvalue weighted by Crippen LogP contribution is 2.41. The molecular formula is C52H64F7N9O8. The van der Waals surface area contributed by atoms with Crippen molar-refractivity contribution in [2.75, 3.05) is 65.1 Å². The van der Waals surface area contributed by atoms with Crippen molar-refractivity contribution in [1.82, 2.24) is 35.6 Å². The summed E-state index contributed by atoms with van der Waals surface area (Å²) in [5.74, 6) is 2.26. The average molecular weight is 1080 g/mol. The van der Waals surface area contributed by atoms with E-state index in [1.165, 1.54) is 7.11 Å². The van der Waals surface area contributed by atoms with Gasteiger partial charge in [0.15, 0.2) is 0 Å².